The molecule has 2 aromatic rings. The highest BCUT2D eigenvalue weighted by molar-refractivity contribution is 7.10. The predicted octanol–water partition coefficient (Wildman–Crippen LogP) is 3.12. The van der Waals surface area contributed by atoms with Crippen LogP contribution >= 0.6 is 11.3 Å². The maximum Gasteiger partial charge on any atom is 0.129 e. The van der Waals surface area contributed by atoms with Crippen LogP contribution in [0, 0.1) is 24.6 Å². The van der Waals surface area contributed by atoms with Crippen LogP contribution in [0.2, 0.25) is 0 Å². The van der Waals surface area contributed by atoms with Gasteiger partial charge in [-0.05, 0) is 30.0 Å². The van der Waals surface area contributed by atoms with Gasteiger partial charge in [0.2, 0.25) is 0 Å². The van der Waals surface area contributed by atoms with Gasteiger partial charge in [0.05, 0.1) is 4.88 Å². The van der Waals surface area contributed by atoms with Crippen molar-refractivity contribution in [2.45, 2.75) is 13.5 Å². The topological polar surface area (TPSA) is 29.5 Å². The Hall–Kier alpha value is -1.83. The zero-order valence-electron chi connectivity index (χ0n) is 10.4. The van der Waals surface area contributed by atoms with Crippen LogP contribution < -0.4 is 4.74 Å². The maximum atomic E-state index is 13.4. The zero-order chi connectivity index (χ0) is 13.7. The van der Waals surface area contributed by atoms with Crippen LogP contribution in [0.15, 0.2) is 29.6 Å². The lowest BCUT2D eigenvalue weighted by Crippen LogP contribution is -1.96. The summed E-state index contributed by atoms with van der Waals surface area (Å²) in [6.07, 6.45) is 0. The Labute approximate surface area is 115 Å². The van der Waals surface area contributed by atoms with E-state index in [1.165, 1.54) is 17.4 Å². The minimum Gasteiger partial charge on any atom is -0.488 e. The summed E-state index contributed by atoms with van der Waals surface area (Å²) < 4.78 is 18.9. The van der Waals surface area contributed by atoms with Crippen molar-refractivity contribution in [3.8, 4) is 17.6 Å². The fourth-order valence-corrected chi connectivity index (χ4v) is 2.25. The van der Waals surface area contributed by atoms with Gasteiger partial charge in [0.1, 0.15) is 24.8 Å². The molecule has 0 saturated carbocycles. The third-order valence-corrected chi connectivity index (χ3v) is 3.46. The normalized spacial score (nSPS) is 9.84. The molecule has 0 atom stereocenters. The van der Waals surface area contributed by atoms with Crippen LogP contribution in [0.25, 0.3) is 0 Å². The zero-order valence-corrected chi connectivity index (χ0v) is 11.3. The fourth-order valence-electron chi connectivity index (χ4n) is 1.51. The molecule has 0 aliphatic heterocycles. The number of aliphatic hydroxyl groups excluding tert-OH is 1. The molecular weight excluding hydrogens is 263 g/mol. The quantitative estimate of drug-likeness (QED) is 0.873. The molecule has 2 nitrogen and oxygen atoms in total. The van der Waals surface area contributed by atoms with E-state index in [9.17, 15) is 4.39 Å². The molecule has 0 aliphatic carbocycles. The highest BCUT2D eigenvalue weighted by Gasteiger charge is 2.05. The molecule has 2 rings (SSSR count). The molecule has 0 aliphatic rings. The summed E-state index contributed by atoms with van der Waals surface area (Å²) in [4.78, 5) is 0.960. The molecule has 1 aromatic carbocycles. The summed E-state index contributed by atoms with van der Waals surface area (Å²) >= 11 is 1.52. The molecule has 0 fully saturated rings. The first kappa shape index (κ1) is 13.6. The van der Waals surface area contributed by atoms with Crippen molar-refractivity contribution in [3.63, 3.8) is 0 Å². The summed E-state index contributed by atoms with van der Waals surface area (Å²) in [6, 6.07) is 6.68. The van der Waals surface area contributed by atoms with Crippen molar-refractivity contribution in [2.24, 2.45) is 0 Å². The van der Waals surface area contributed by atoms with Crippen LogP contribution in [0.1, 0.15) is 16.0 Å². The van der Waals surface area contributed by atoms with Gasteiger partial charge in [-0.3, -0.25) is 0 Å². The smallest absolute Gasteiger partial charge is 0.129 e. The van der Waals surface area contributed by atoms with Gasteiger partial charge in [0.25, 0.3) is 0 Å². The van der Waals surface area contributed by atoms with E-state index in [4.69, 9.17) is 9.84 Å². The first-order valence-corrected chi connectivity index (χ1v) is 6.63. The van der Waals surface area contributed by atoms with Gasteiger partial charge >= 0.3 is 0 Å². The van der Waals surface area contributed by atoms with Crippen LogP contribution in [-0.4, -0.2) is 11.7 Å². The summed E-state index contributed by atoms with van der Waals surface area (Å²) in [5, 5.41) is 10.6. The molecule has 0 radical (unpaired) electrons. The Morgan fingerprint density at radius 2 is 2.21 bits per heavy atom. The van der Waals surface area contributed by atoms with Crippen molar-refractivity contribution in [2.75, 3.05) is 6.61 Å². The SMILES string of the molecule is Cc1ccc(OCc2sccc2C#CCO)cc1F. The van der Waals surface area contributed by atoms with Crippen molar-refractivity contribution < 1.29 is 14.2 Å². The van der Waals surface area contributed by atoms with Crippen LogP contribution in [0.3, 0.4) is 0 Å². The molecule has 1 aromatic heterocycles. The molecule has 19 heavy (non-hydrogen) atoms. The third kappa shape index (κ3) is 3.57. The van der Waals surface area contributed by atoms with Gasteiger partial charge in [-0.25, -0.2) is 4.39 Å². The van der Waals surface area contributed by atoms with E-state index < -0.39 is 0 Å². The summed E-state index contributed by atoms with van der Waals surface area (Å²) in [5.41, 5.74) is 1.43. The number of ether oxygens (including phenoxy) is 1. The summed E-state index contributed by atoms with van der Waals surface area (Å²) in [7, 11) is 0. The van der Waals surface area contributed by atoms with E-state index in [2.05, 4.69) is 11.8 Å². The summed E-state index contributed by atoms with van der Waals surface area (Å²) in [5.74, 6) is 5.68. The van der Waals surface area contributed by atoms with E-state index in [1.807, 2.05) is 11.4 Å². The first-order chi connectivity index (χ1) is 9.20. The van der Waals surface area contributed by atoms with Crippen molar-refractivity contribution in [3.05, 3.63) is 51.5 Å². The number of benzene rings is 1. The number of hydrogen-bond donors (Lipinski definition) is 1. The standard InChI is InChI=1S/C15H13FO2S/c1-11-4-5-13(9-14(11)16)18-10-15-12(3-2-7-17)6-8-19-15/h4-6,8-9,17H,7,10H2,1H3. The van der Waals surface area contributed by atoms with E-state index >= 15 is 0 Å². The van der Waals surface area contributed by atoms with Crippen LogP contribution in [0.5, 0.6) is 5.75 Å². The van der Waals surface area contributed by atoms with Crippen molar-refractivity contribution in [1.82, 2.24) is 0 Å². The lowest BCUT2D eigenvalue weighted by atomic mass is 10.2. The minimum absolute atomic E-state index is 0.167. The van der Waals surface area contributed by atoms with Crippen LogP contribution in [0.4, 0.5) is 4.39 Å². The molecule has 1 N–H and O–H groups in total. The Morgan fingerprint density at radius 3 is 2.95 bits per heavy atom. The Bertz CT molecular complexity index is 623. The largest absolute Gasteiger partial charge is 0.488 e. The van der Waals surface area contributed by atoms with Gasteiger partial charge < -0.3 is 9.84 Å². The number of hydrogen-bond acceptors (Lipinski definition) is 3. The van der Waals surface area contributed by atoms with Gasteiger partial charge in [0.15, 0.2) is 0 Å². The molecule has 1 heterocycles. The van der Waals surface area contributed by atoms with E-state index in [-0.39, 0.29) is 12.4 Å². The minimum atomic E-state index is -0.274. The molecule has 4 heteroatoms. The number of aryl methyl sites for hydroxylation is 1. The van der Waals surface area contributed by atoms with Gasteiger partial charge in [-0.15, -0.1) is 11.3 Å². The Morgan fingerprint density at radius 1 is 1.37 bits per heavy atom. The maximum absolute atomic E-state index is 13.4. The van der Waals surface area contributed by atoms with Gasteiger partial charge in [0, 0.05) is 11.6 Å². The van der Waals surface area contributed by atoms with E-state index in [1.54, 1.807) is 19.1 Å². The van der Waals surface area contributed by atoms with Crippen molar-refractivity contribution >= 4 is 11.3 Å². The Balaban J connectivity index is 2.06. The molecule has 0 saturated heterocycles. The highest BCUT2D eigenvalue weighted by Crippen LogP contribution is 2.21. The predicted molar refractivity (Wildman–Crippen MR) is 73.8 cm³/mol. The molecule has 0 unspecified atom stereocenters. The monoisotopic (exact) mass is 276 g/mol. The Kier molecular flexibility index (Phi) is 4.56. The second kappa shape index (κ2) is 6.37. The van der Waals surface area contributed by atoms with E-state index in [0.29, 0.717) is 17.9 Å². The van der Waals surface area contributed by atoms with Crippen molar-refractivity contribution in [1.29, 1.82) is 0 Å². The number of aliphatic hydroxyl groups is 1. The van der Waals surface area contributed by atoms with Crippen LogP contribution in [-0.2, 0) is 6.61 Å². The first-order valence-electron chi connectivity index (χ1n) is 5.75. The molecule has 98 valence electrons. The molecular formula is C15H13FO2S. The fraction of sp³-hybridized carbons (Fsp3) is 0.200. The average Bonchev–Trinajstić information content (AvgIpc) is 2.85. The number of thiophene rings is 1. The lowest BCUT2D eigenvalue weighted by Gasteiger charge is -2.06. The lowest BCUT2D eigenvalue weighted by molar-refractivity contribution is 0.307. The second-order valence-corrected chi connectivity index (χ2v) is 4.92. The third-order valence-electron chi connectivity index (χ3n) is 2.56. The molecule has 0 amide bonds. The van der Waals surface area contributed by atoms with E-state index in [0.717, 1.165) is 10.4 Å². The van der Waals surface area contributed by atoms with Gasteiger partial charge in [-0.2, -0.15) is 0 Å². The average molecular weight is 276 g/mol. The van der Waals surface area contributed by atoms with Gasteiger partial charge in [-0.1, -0.05) is 17.9 Å². The highest BCUT2D eigenvalue weighted by atomic mass is 32.1. The molecule has 0 spiro atoms. The number of halogens is 1. The second-order valence-electron chi connectivity index (χ2n) is 3.92. The summed E-state index contributed by atoms with van der Waals surface area (Å²) in [6.45, 7) is 1.88. The number of rotatable bonds is 3. The molecule has 0 bridgehead atoms.